The Balaban J connectivity index is 1.78. The minimum atomic E-state index is 0.138. The Morgan fingerprint density at radius 2 is 2.00 bits per heavy atom. The Bertz CT molecular complexity index is 560. The van der Waals surface area contributed by atoms with E-state index in [1.165, 1.54) is 0 Å². The highest BCUT2D eigenvalue weighted by Gasteiger charge is 2.33. The molecule has 1 fully saturated rings. The van der Waals surface area contributed by atoms with Gasteiger partial charge in [0.25, 0.3) is 5.91 Å². The summed E-state index contributed by atoms with van der Waals surface area (Å²) in [5.41, 5.74) is 1.92. The number of nitrogens with zero attached hydrogens (tertiary/aromatic N) is 1. The molecule has 0 atom stereocenters. The van der Waals surface area contributed by atoms with Gasteiger partial charge in [-0.3, -0.25) is 4.79 Å². The van der Waals surface area contributed by atoms with Crippen LogP contribution in [-0.4, -0.2) is 16.8 Å². The highest BCUT2D eigenvalue weighted by atomic mass is 35.5. The number of hydrogen-bond donors (Lipinski definition) is 0. The van der Waals surface area contributed by atoms with Crippen molar-refractivity contribution in [3.05, 3.63) is 57.2 Å². The number of carbonyl (C=O) groups excluding carboxylic acids is 1. The molecule has 1 aromatic carbocycles. The number of carbonyl (C=O) groups is 1. The van der Waals surface area contributed by atoms with Crippen LogP contribution in [0, 0.1) is 0 Å². The van der Waals surface area contributed by atoms with Crippen LogP contribution in [0.25, 0.3) is 0 Å². The quantitative estimate of drug-likeness (QED) is 0.826. The van der Waals surface area contributed by atoms with E-state index in [2.05, 4.69) is 0 Å². The number of halogens is 1. The second kappa shape index (κ2) is 5.35. The Kier molecular flexibility index (Phi) is 3.58. The molecule has 0 unspecified atom stereocenters. The third kappa shape index (κ3) is 2.99. The summed E-state index contributed by atoms with van der Waals surface area (Å²) in [5.74, 6) is 0.138. The molecule has 1 heterocycles. The molecule has 2 aromatic rings. The molecule has 0 bridgehead atoms. The summed E-state index contributed by atoms with van der Waals surface area (Å²) in [6.45, 7) is 0.663. The van der Waals surface area contributed by atoms with Gasteiger partial charge < -0.3 is 4.90 Å². The van der Waals surface area contributed by atoms with Gasteiger partial charge in [0, 0.05) is 23.0 Å². The smallest absolute Gasteiger partial charge is 0.255 e. The summed E-state index contributed by atoms with van der Waals surface area (Å²) < 4.78 is 0. The highest BCUT2D eigenvalue weighted by Crippen LogP contribution is 2.30. The first-order valence-corrected chi connectivity index (χ1v) is 7.64. The Hall–Kier alpha value is -1.32. The van der Waals surface area contributed by atoms with Crippen molar-refractivity contribution < 1.29 is 4.79 Å². The van der Waals surface area contributed by atoms with Gasteiger partial charge in [0.2, 0.25) is 0 Å². The van der Waals surface area contributed by atoms with Gasteiger partial charge in [-0.25, -0.2) is 0 Å². The molecule has 1 amide bonds. The van der Waals surface area contributed by atoms with Crippen LogP contribution in [0.15, 0.2) is 41.1 Å². The maximum Gasteiger partial charge on any atom is 0.255 e. The van der Waals surface area contributed by atoms with E-state index < -0.39 is 0 Å². The third-order valence-electron chi connectivity index (χ3n) is 3.28. The van der Waals surface area contributed by atoms with Crippen LogP contribution < -0.4 is 0 Å². The van der Waals surface area contributed by atoms with E-state index in [1.54, 1.807) is 11.3 Å². The van der Waals surface area contributed by atoms with Crippen molar-refractivity contribution in [1.82, 2.24) is 4.90 Å². The zero-order chi connectivity index (χ0) is 13.2. The van der Waals surface area contributed by atoms with Crippen molar-refractivity contribution in [2.24, 2.45) is 0 Å². The molecule has 4 heteroatoms. The normalized spacial score (nSPS) is 14.4. The zero-order valence-electron chi connectivity index (χ0n) is 10.4. The topological polar surface area (TPSA) is 20.3 Å². The van der Waals surface area contributed by atoms with Crippen molar-refractivity contribution in [2.45, 2.75) is 25.4 Å². The Morgan fingerprint density at radius 1 is 1.26 bits per heavy atom. The summed E-state index contributed by atoms with van der Waals surface area (Å²) in [7, 11) is 0. The molecule has 0 spiro atoms. The van der Waals surface area contributed by atoms with Gasteiger partial charge in [-0.1, -0.05) is 23.7 Å². The van der Waals surface area contributed by atoms with Gasteiger partial charge in [-0.05, 0) is 42.0 Å². The van der Waals surface area contributed by atoms with Gasteiger partial charge >= 0.3 is 0 Å². The highest BCUT2D eigenvalue weighted by molar-refractivity contribution is 7.08. The van der Waals surface area contributed by atoms with E-state index in [4.69, 9.17) is 11.6 Å². The van der Waals surface area contributed by atoms with E-state index in [0.29, 0.717) is 12.6 Å². The van der Waals surface area contributed by atoms with E-state index in [9.17, 15) is 4.79 Å². The van der Waals surface area contributed by atoms with Crippen LogP contribution >= 0.6 is 22.9 Å². The predicted molar refractivity (Wildman–Crippen MR) is 78.7 cm³/mol. The lowest BCUT2D eigenvalue weighted by atomic mass is 10.2. The van der Waals surface area contributed by atoms with E-state index >= 15 is 0 Å². The molecule has 0 saturated heterocycles. The SMILES string of the molecule is O=C(c1ccsc1)N(Cc1ccc(Cl)cc1)C1CC1. The molecule has 0 aliphatic heterocycles. The summed E-state index contributed by atoms with van der Waals surface area (Å²) in [6, 6.07) is 10.0. The predicted octanol–water partition coefficient (Wildman–Crippen LogP) is 4.21. The molecule has 1 aliphatic rings. The first-order valence-electron chi connectivity index (χ1n) is 6.31. The van der Waals surface area contributed by atoms with Crippen LogP contribution in [0.3, 0.4) is 0 Å². The summed E-state index contributed by atoms with van der Waals surface area (Å²) in [5, 5.41) is 4.59. The first kappa shape index (κ1) is 12.7. The molecular formula is C15H14ClNOS. The minimum Gasteiger partial charge on any atom is -0.331 e. The van der Waals surface area contributed by atoms with Crippen molar-refractivity contribution >= 4 is 28.8 Å². The second-order valence-corrected chi connectivity index (χ2v) is 6.02. The minimum absolute atomic E-state index is 0.138. The Labute approximate surface area is 121 Å². The molecule has 0 radical (unpaired) electrons. The molecule has 1 aliphatic carbocycles. The van der Waals surface area contributed by atoms with Gasteiger partial charge in [0.1, 0.15) is 0 Å². The monoisotopic (exact) mass is 291 g/mol. The summed E-state index contributed by atoms with van der Waals surface area (Å²) >= 11 is 7.45. The molecule has 19 heavy (non-hydrogen) atoms. The molecule has 98 valence electrons. The van der Waals surface area contributed by atoms with Gasteiger partial charge in [0.15, 0.2) is 0 Å². The average Bonchev–Trinajstić information content (AvgIpc) is 3.11. The number of amides is 1. The maximum absolute atomic E-state index is 12.5. The van der Waals surface area contributed by atoms with Crippen LogP contribution in [0.5, 0.6) is 0 Å². The molecule has 2 nitrogen and oxygen atoms in total. The van der Waals surface area contributed by atoms with E-state index in [0.717, 1.165) is 29.0 Å². The van der Waals surface area contributed by atoms with Crippen molar-refractivity contribution in [3.63, 3.8) is 0 Å². The molecule has 1 saturated carbocycles. The third-order valence-corrected chi connectivity index (χ3v) is 4.22. The Morgan fingerprint density at radius 3 is 2.58 bits per heavy atom. The average molecular weight is 292 g/mol. The van der Waals surface area contributed by atoms with Crippen LogP contribution in [0.2, 0.25) is 5.02 Å². The van der Waals surface area contributed by atoms with Gasteiger partial charge in [-0.15, -0.1) is 0 Å². The number of hydrogen-bond acceptors (Lipinski definition) is 2. The van der Waals surface area contributed by atoms with Gasteiger partial charge in [-0.2, -0.15) is 11.3 Å². The van der Waals surface area contributed by atoms with Crippen molar-refractivity contribution in [2.75, 3.05) is 0 Å². The molecule has 0 N–H and O–H groups in total. The largest absolute Gasteiger partial charge is 0.331 e. The van der Waals surface area contributed by atoms with Crippen LogP contribution in [-0.2, 0) is 6.54 Å². The molecule has 3 rings (SSSR count). The van der Waals surface area contributed by atoms with Crippen LogP contribution in [0.4, 0.5) is 0 Å². The first-order chi connectivity index (χ1) is 9.24. The number of rotatable bonds is 4. The number of thiophene rings is 1. The fourth-order valence-corrected chi connectivity index (χ4v) is 2.85. The van der Waals surface area contributed by atoms with Crippen molar-refractivity contribution in [1.29, 1.82) is 0 Å². The van der Waals surface area contributed by atoms with Crippen LogP contribution in [0.1, 0.15) is 28.8 Å². The van der Waals surface area contributed by atoms with E-state index in [1.807, 2.05) is 46.0 Å². The maximum atomic E-state index is 12.5. The zero-order valence-corrected chi connectivity index (χ0v) is 12.0. The summed E-state index contributed by atoms with van der Waals surface area (Å²) in [6.07, 6.45) is 2.23. The molecular weight excluding hydrogens is 278 g/mol. The lowest BCUT2D eigenvalue weighted by Crippen LogP contribution is -2.32. The fourth-order valence-electron chi connectivity index (χ4n) is 2.09. The lowest BCUT2D eigenvalue weighted by Gasteiger charge is -2.22. The standard InChI is InChI=1S/C15H14ClNOS/c16-13-3-1-11(2-4-13)9-17(14-5-6-14)15(18)12-7-8-19-10-12/h1-4,7-8,10,14H,5-6,9H2. The van der Waals surface area contributed by atoms with Gasteiger partial charge in [0.05, 0.1) is 5.56 Å². The summed E-state index contributed by atoms with van der Waals surface area (Å²) in [4.78, 5) is 14.4. The lowest BCUT2D eigenvalue weighted by molar-refractivity contribution is 0.0730. The fraction of sp³-hybridized carbons (Fsp3) is 0.267. The molecule has 1 aromatic heterocycles. The second-order valence-electron chi connectivity index (χ2n) is 4.80. The van der Waals surface area contributed by atoms with Crippen molar-refractivity contribution in [3.8, 4) is 0 Å². The van der Waals surface area contributed by atoms with E-state index in [-0.39, 0.29) is 5.91 Å². The number of benzene rings is 1.